The molecule has 16 heavy (non-hydrogen) atoms. The zero-order valence-electron chi connectivity index (χ0n) is 8.68. The molecule has 0 aliphatic carbocycles. The third kappa shape index (κ3) is 1.96. The van der Waals surface area contributed by atoms with Gasteiger partial charge in [0.25, 0.3) is 0 Å². The highest BCUT2D eigenvalue weighted by Crippen LogP contribution is 2.25. The SMILES string of the molecule is COC(=O)c1cc(Cl)cnc1N1CC(O)C1. The summed E-state index contributed by atoms with van der Waals surface area (Å²) in [5.41, 5.74) is 0.321. The summed E-state index contributed by atoms with van der Waals surface area (Å²) in [6.45, 7) is 0.942. The van der Waals surface area contributed by atoms with E-state index in [0.29, 0.717) is 29.5 Å². The number of methoxy groups -OCH3 is 1. The molecule has 1 N–H and O–H groups in total. The van der Waals surface area contributed by atoms with Gasteiger partial charge in [0.15, 0.2) is 0 Å². The third-order valence-corrected chi connectivity index (χ3v) is 2.61. The highest BCUT2D eigenvalue weighted by atomic mass is 35.5. The number of hydrogen-bond donors (Lipinski definition) is 1. The number of ether oxygens (including phenoxy) is 1. The average molecular weight is 243 g/mol. The standard InChI is InChI=1S/C10H11ClN2O3/c1-16-10(15)8-2-6(11)3-12-9(8)13-4-7(14)5-13/h2-3,7,14H,4-5H2,1H3. The summed E-state index contributed by atoms with van der Waals surface area (Å²) in [6.07, 6.45) is 1.11. The Bertz CT molecular complexity index is 419. The van der Waals surface area contributed by atoms with E-state index in [9.17, 15) is 9.90 Å². The Labute approximate surface area is 97.6 Å². The molecule has 0 amide bonds. The van der Waals surface area contributed by atoms with E-state index in [2.05, 4.69) is 9.72 Å². The van der Waals surface area contributed by atoms with Gasteiger partial charge in [0, 0.05) is 19.3 Å². The van der Waals surface area contributed by atoms with Crippen molar-refractivity contribution in [3.63, 3.8) is 0 Å². The minimum atomic E-state index is -0.480. The lowest BCUT2D eigenvalue weighted by Gasteiger charge is -2.37. The summed E-state index contributed by atoms with van der Waals surface area (Å²) in [5, 5.41) is 9.59. The molecule has 6 heteroatoms. The van der Waals surface area contributed by atoms with Crippen LogP contribution in [-0.4, -0.2) is 42.4 Å². The number of rotatable bonds is 2. The number of carbonyl (C=O) groups excluding carboxylic acids is 1. The first kappa shape index (κ1) is 11.2. The van der Waals surface area contributed by atoms with Crippen LogP contribution in [0.25, 0.3) is 0 Å². The first-order chi connectivity index (χ1) is 7.61. The van der Waals surface area contributed by atoms with Crippen LogP contribution in [0.3, 0.4) is 0 Å². The predicted octanol–water partition coefficient (Wildman–Crippen LogP) is 0.702. The predicted molar refractivity (Wildman–Crippen MR) is 58.8 cm³/mol. The number of aliphatic hydroxyl groups excluding tert-OH is 1. The maximum absolute atomic E-state index is 11.5. The number of aliphatic hydroxyl groups is 1. The van der Waals surface area contributed by atoms with Crippen LogP contribution in [0.15, 0.2) is 12.3 Å². The highest BCUT2D eigenvalue weighted by Gasteiger charge is 2.29. The summed E-state index contributed by atoms with van der Waals surface area (Å²) in [5.74, 6) is 0.0212. The largest absolute Gasteiger partial charge is 0.465 e. The number of aromatic nitrogens is 1. The summed E-state index contributed by atoms with van der Waals surface area (Å²) >= 11 is 5.77. The van der Waals surface area contributed by atoms with Crippen LogP contribution >= 0.6 is 11.6 Å². The van der Waals surface area contributed by atoms with Crippen LogP contribution in [0.4, 0.5) is 5.82 Å². The minimum Gasteiger partial charge on any atom is -0.465 e. The second-order valence-corrected chi connectivity index (χ2v) is 4.01. The number of hydrogen-bond acceptors (Lipinski definition) is 5. The monoisotopic (exact) mass is 242 g/mol. The van der Waals surface area contributed by atoms with Crippen LogP contribution in [0.5, 0.6) is 0 Å². The Morgan fingerprint density at radius 1 is 1.69 bits per heavy atom. The van der Waals surface area contributed by atoms with Crippen molar-refractivity contribution in [1.82, 2.24) is 4.98 Å². The number of β-amino-alcohol motifs (C(OH)–C–C–N with tert-alkyl or cyclic N) is 1. The van der Waals surface area contributed by atoms with Crippen molar-refractivity contribution in [2.45, 2.75) is 6.10 Å². The number of carbonyl (C=O) groups is 1. The van der Waals surface area contributed by atoms with E-state index in [1.165, 1.54) is 19.4 Å². The lowest BCUT2D eigenvalue weighted by molar-refractivity contribution is 0.0599. The number of halogens is 1. The van der Waals surface area contributed by atoms with Crippen LogP contribution in [0, 0.1) is 0 Å². The normalized spacial score (nSPS) is 15.8. The topological polar surface area (TPSA) is 62.7 Å². The van der Waals surface area contributed by atoms with Gasteiger partial charge in [0.2, 0.25) is 0 Å². The molecule has 0 aromatic carbocycles. The molecule has 1 aromatic heterocycles. The van der Waals surface area contributed by atoms with Gasteiger partial charge in [0.05, 0.1) is 18.2 Å². The van der Waals surface area contributed by atoms with Crippen LogP contribution in [-0.2, 0) is 4.74 Å². The zero-order chi connectivity index (χ0) is 11.7. The van der Waals surface area contributed by atoms with Gasteiger partial charge >= 0.3 is 5.97 Å². The lowest BCUT2D eigenvalue weighted by atomic mass is 10.1. The summed E-state index contributed by atoms with van der Waals surface area (Å²) in [6, 6.07) is 1.51. The van der Waals surface area contributed by atoms with Crippen molar-refractivity contribution in [1.29, 1.82) is 0 Å². The molecule has 0 spiro atoms. The van der Waals surface area contributed by atoms with E-state index < -0.39 is 5.97 Å². The fourth-order valence-electron chi connectivity index (χ4n) is 1.57. The van der Waals surface area contributed by atoms with Crippen LogP contribution in [0.2, 0.25) is 5.02 Å². The van der Waals surface area contributed by atoms with Crippen molar-refractivity contribution in [3.8, 4) is 0 Å². The third-order valence-electron chi connectivity index (χ3n) is 2.40. The van der Waals surface area contributed by atoms with Crippen molar-refractivity contribution in [2.24, 2.45) is 0 Å². The van der Waals surface area contributed by atoms with Gasteiger partial charge < -0.3 is 14.7 Å². The van der Waals surface area contributed by atoms with Crippen molar-refractivity contribution in [2.75, 3.05) is 25.1 Å². The maximum Gasteiger partial charge on any atom is 0.341 e. The first-order valence-electron chi connectivity index (χ1n) is 4.78. The van der Waals surface area contributed by atoms with Crippen LogP contribution in [0.1, 0.15) is 10.4 Å². The number of pyridine rings is 1. The molecule has 1 aliphatic heterocycles. The summed E-state index contributed by atoms with van der Waals surface area (Å²) in [7, 11) is 1.30. The Kier molecular flexibility index (Phi) is 2.98. The molecule has 1 aromatic rings. The molecule has 5 nitrogen and oxygen atoms in total. The molecular formula is C10H11ClN2O3. The molecule has 1 fully saturated rings. The Morgan fingerprint density at radius 3 is 2.94 bits per heavy atom. The zero-order valence-corrected chi connectivity index (χ0v) is 9.44. The van der Waals surface area contributed by atoms with Gasteiger partial charge in [-0.2, -0.15) is 0 Å². The maximum atomic E-state index is 11.5. The molecule has 86 valence electrons. The fourth-order valence-corrected chi connectivity index (χ4v) is 1.73. The van der Waals surface area contributed by atoms with Crippen LogP contribution < -0.4 is 4.90 Å². The van der Waals surface area contributed by atoms with Crippen molar-refractivity contribution >= 4 is 23.4 Å². The molecule has 0 bridgehead atoms. The van der Waals surface area contributed by atoms with Gasteiger partial charge in [-0.1, -0.05) is 11.6 Å². The van der Waals surface area contributed by atoms with E-state index >= 15 is 0 Å². The van der Waals surface area contributed by atoms with Crippen molar-refractivity contribution < 1.29 is 14.6 Å². The number of anilines is 1. The molecule has 0 saturated carbocycles. The number of nitrogens with zero attached hydrogens (tertiary/aromatic N) is 2. The molecule has 0 atom stereocenters. The summed E-state index contributed by atoms with van der Waals surface area (Å²) in [4.78, 5) is 17.4. The fraction of sp³-hybridized carbons (Fsp3) is 0.400. The number of esters is 1. The molecule has 1 saturated heterocycles. The second kappa shape index (κ2) is 4.27. The molecular weight excluding hydrogens is 232 g/mol. The van der Waals surface area contributed by atoms with Gasteiger partial charge in [-0.15, -0.1) is 0 Å². The molecule has 1 aliphatic rings. The van der Waals surface area contributed by atoms with E-state index in [0.717, 1.165) is 0 Å². The average Bonchev–Trinajstić information content (AvgIpc) is 2.24. The van der Waals surface area contributed by atoms with Gasteiger partial charge in [-0.3, -0.25) is 0 Å². The second-order valence-electron chi connectivity index (χ2n) is 3.58. The van der Waals surface area contributed by atoms with E-state index in [4.69, 9.17) is 11.6 Å². The Morgan fingerprint density at radius 2 is 2.38 bits per heavy atom. The minimum absolute atomic E-state index is 0.321. The molecule has 0 radical (unpaired) electrons. The Hall–Kier alpha value is -1.33. The molecule has 2 heterocycles. The van der Waals surface area contributed by atoms with Gasteiger partial charge in [0.1, 0.15) is 11.4 Å². The smallest absolute Gasteiger partial charge is 0.341 e. The molecule has 0 unspecified atom stereocenters. The van der Waals surface area contributed by atoms with E-state index in [1.807, 2.05) is 0 Å². The van der Waals surface area contributed by atoms with E-state index in [1.54, 1.807) is 4.90 Å². The molecule has 2 rings (SSSR count). The quantitative estimate of drug-likeness (QED) is 0.774. The lowest BCUT2D eigenvalue weighted by Crippen LogP contribution is -2.51. The Balaban J connectivity index is 2.33. The van der Waals surface area contributed by atoms with Gasteiger partial charge in [-0.25, -0.2) is 9.78 Å². The highest BCUT2D eigenvalue weighted by molar-refractivity contribution is 6.30. The van der Waals surface area contributed by atoms with E-state index in [-0.39, 0.29) is 6.10 Å². The van der Waals surface area contributed by atoms with Crippen molar-refractivity contribution in [3.05, 3.63) is 22.8 Å². The first-order valence-corrected chi connectivity index (χ1v) is 5.16. The summed E-state index contributed by atoms with van der Waals surface area (Å²) < 4.78 is 4.65. The van der Waals surface area contributed by atoms with Gasteiger partial charge in [-0.05, 0) is 6.07 Å².